The predicted molar refractivity (Wildman–Crippen MR) is 39.9 cm³/mol. The van der Waals surface area contributed by atoms with Crippen LogP contribution in [-0.2, 0) is 0 Å². The molecule has 6 heteroatoms. The normalized spacial score (nSPS) is 8.67. The lowest BCUT2D eigenvalue weighted by atomic mass is 10.2. The molecule has 2 N–H and O–H groups in total. The maximum Gasteiger partial charge on any atom is 0.372 e. The predicted octanol–water partition coefficient (Wildman–Crippen LogP) is 1.10. The first-order chi connectivity index (χ1) is 5.13. The van der Waals surface area contributed by atoms with Gasteiger partial charge in [0.25, 0.3) is 0 Å². The molecule has 1 aromatic heterocycles. The molecule has 12 heavy (non-hydrogen) atoms. The third-order valence-electron chi connectivity index (χ3n) is 1.09. The number of carboxylic acid groups (broad SMARTS) is 2. The standard InChI is InChI=1S/C6H4O5.ClH/c7-5(8)3-1-2-11-4(3)6(9)10;/h1-2H,(H,7,8)(H,9,10);1H. The molecule has 0 fully saturated rings. The van der Waals surface area contributed by atoms with Crippen molar-refractivity contribution in [3.05, 3.63) is 23.7 Å². The first-order valence-electron chi connectivity index (χ1n) is 2.67. The van der Waals surface area contributed by atoms with Crippen LogP contribution in [0.4, 0.5) is 0 Å². The zero-order valence-electron chi connectivity index (χ0n) is 5.68. The second kappa shape index (κ2) is 3.77. The van der Waals surface area contributed by atoms with Crippen LogP contribution in [0.3, 0.4) is 0 Å². The number of carboxylic acids is 2. The van der Waals surface area contributed by atoms with Crippen molar-refractivity contribution in [2.24, 2.45) is 0 Å². The van der Waals surface area contributed by atoms with Crippen molar-refractivity contribution in [2.45, 2.75) is 0 Å². The molecule has 1 aromatic rings. The van der Waals surface area contributed by atoms with Gasteiger partial charge in [0.2, 0.25) is 5.76 Å². The van der Waals surface area contributed by atoms with Crippen molar-refractivity contribution in [1.29, 1.82) is 0 Å². The Balaban J connectivity index is 0.00000121. The van der Waals surface area contributed by atoms with E-state index in [0.717, 1.165) is 12.3 Å². The summed E-state index contributed by atoms with van der Waals surface area (Å²) in [5.74, 6) is -3.24. The molecule has 0 amide bonds. The quantitative estimate of drug-likeness (QED) is 0.733. The number of rotatable bonds is 2. The van der Waals surface area contributed by atoms with Gasteiger partial charge in [-0.3, -0.25) is 0 Å². The number of hydrogen-bond donors (Lipinski definition) is 2. The maximum absolute atomic E-state index is 10.3. The zero-order valence-corrected chi connectivity index (χ0v) is 6.50. The third-order valence-corrected chi connectivity index (χ3v) is 1.09. The molecule has 0 spiro atoms. The maximum atomic E-state index is 10.3. The van der Waals surface area contributed by atoms with Crippen LogP contribution in [0.2, 0.25) is 0 Å². The molecular weight excluding hydrogens is 188 g/mol. The Kier molecular flexibility index (Phi) is 3.30. The second-order valence-electron chi connectivity index (χ2n) is 1.77. The molecule has 0 saturated heterocycles. The lowest BCUT2D eigenvalue weighted by molar-refractivity contribution is 0.0626. The fraction of sp³-hybridized carbons (Fsp3) is 0. The molecule has 0 aliphatic carbocycles. The fourth-order valence-electron chi connectivity index (χ4n) is 0.643. The molecule has 0 saturated carbocycles. The summed E-state index contributed by atoms with van der Waals surface area (Å²) < 4.78 is 4.41. The molecule has 0 atom stereocenters. The van der Waals surface area contributed by atoms with E-state index in [-0.39, 0.29) is 18.0 Å². The monoisotopic (exact) mass is 192 g/mol. The van der Waals surface area contributed by atoms with E-state index >= 15 is 0 Å². The number of hydrogen-bond acceptors (Lipinski definition) is 3. The lowest BCUT2D eigenvalue weighted by Gasteiger charge is -1.88. The molecule has 0 aliphatic rings. The van der Waals surface area contributed by atoms with Gasteiger partial charge in [-0.15, -0.1) is 12.4 Å². The summed E-state index contributed by atoms with van der Waals surface area (Å²) in [6, 6.07) is 1.09. The van der Waals surface area contributed by atoms with Gasteiger partial charge in [-0.05, 0) is 6.07 Å². The van der Waals surface area contributed by atoms with E-state index in [4.69, 9.17) is 10.2 Å². The molecule has 1 rings (SSSR count). The summed E-state index contributed by atoms with van der Waals surface area (Å²) in [5, 5.41) is 16.7. The first-order valence-corrected chi connectivity index (χ1v) is 2.67. The van der Waals surface area contributed by atoms with Gasteiger partial charge < -0.3 is 14.6 Å². The van der Waals surface area contributed by atoms with Crippen LogP contribution in [0.5, 0.6) is 0 Å². The van der Waals surface area contributed by atoms with Crippen molar-refractivity contribution in [3.63, 3.8) is 0 Å². The summed E-state index contributed by atoms with van der Waals surface area (Å²) in [6.07, 6.45) is 1.02. The van der Waals surface area contributed by atoms with Crippen LogP contribution in [-0.4, -0.2) is 22.2 Å². The number of aromatic carboxylic acids is 2. The Bertz CT molecular complexity index is 274. The van der Waals surface area contributed by atoms with Crippen molar-refractivity contribution in [2.75, 3.05) is 0 Å². The molecule has 0 aromatic carbocycles. The van der Waals surface area contributed by atoms with Crippen LogP contribution in [0, 0.1) is 0 Å². The van der Waals surface area contributed by atoms with E-state index in [1.54, 1.807) is 0 Å². The van der Waals surface area contributed by atoms with Gasteiger partial charge in [0.15, 0.2) is 0 Å². The van der Waals surface area contributed by atoms with Gasteiger partial charge >= 0.3 is 11.9 Å². The van der Waals surface area contributed by atoms with Gasteiger partial charge in [-0.2, -0.15) is 0 Å². The van der Waals surface area contributed by atoms with Gasteiger partial charge in [-0.25, -0.2) is 9.59 Å². The van der Waals surface area contributed by atoms with Crippen molar-refractivity contribution in [1.82, 2.24) is 0 Å². The molecular formula is C6H5ClO5. The van der Waals surface area contributed by atoms with E-state index in [0.29, 0.717) is 0 Å². The van der Waals surface area contributed by atoms with Crippen molar-refractivity contribution in [3.8, 4) is 0 Å². The lowest BCUT2D eigenvalue weighted by Crippen LogP contribution is -2.03. The van der Waals surface area contributed by atoms with E-state index in [9.17, 15) is 9.59 Å². The molecule has 1 heterocycles. The Morgan fingerprint density at radius 1 is 1.25 bits per heavy atom. The van der Waals surface area contributed by atoms with Crippen LogP contribution >= 0.6 is 12.4 Å². The highest BCUT2D eigenvalue weighted by Crippen LogP contribution is 2.09. The highest BCUT2D eigenvalue weighted by molar-refractivity contribution is 5.99. The summed E-state index contributed by atoms with van der Waals surface area (Å²) in [4.78, 5) is 20.5. The molecule has 0 bridgehead atoms. The van der Waals surface area contributed by atoms with E-state index in [2.05, 4.69) is 4.42 Å². The number of carbonyl (C=O) groups is 2. The molecule has 0 radical (unpaired) electrons. The minimum Gasteiger partial charge on any atom is -0.478 e. The highest BCUT2D eigenvalue weighted by Gasteiger charge is 2.18. The summed E-state index contributed by atoms with van der Waals surface area (Å²) in [6.45, 7) is 0. The van der Waals surface area contributed by atoms with Crippen LogP contribution in [0.1, 0.15) is 20.9 Å². The van der Waals surface area contributed by atoms with Crippen molar-refractivity contribution < 1.29 is 24.2 Å². The third kappa shape index (κ3) is 1.76. The molecule has 0 aliphatic heterocycles. The molecule has 0 unspecified atom stereocenters. The Hall–Kier alpha value is -1.49. The minimum absolute atomic E-state index is 0. The van der Waals surface area contributed by atoms with E-state index < -0.39 is 17.7 Å². The SMILES string of the molecule is Cl.O=C(O)c1ccoc1C(=O)O. The zero-order chi connectivity index (χ0) is 8.43. The van der Waals surface area contributed by atoms with Crippen LogP contribution < -0.4 is 0 Å². The summed E-state index contributed by atoms with van der Waals surface area (Å²) in [5.41, 5.74) is -0.336. The second-order valence-corrected chi connectivity index (χ2v) is 1.77. The van der Waals surface area contributed by atoms with Gasteiger partial charge in [-0.1, -0.05) is 0 Å². The summed E-state index contributed by atoms with van der Waals surface area (Å²) >= 11 is 0. The largest absolute Gasteiger partial charge is 0.478 e. The molecule has 66 valence electrons. The van der Waals surface area contributed by atoms with E-state index in [1.807, 2.05) is 0 Å². The van der Waals surface area contributed by atoms with Gasteiger partial charge in [0.05, 0.1) is 6.26 Å². The Labute approximate surface area is 73.0 Å². The van der Waals surface area contributed by atoms with Crippen LogP contribution in [0.25, 0.3) is 0 Å². The number of furan rings is 1. The topological polar surface area (TPSA) is 87.7 Å². The Morgan fingerprint density at radius 2 is 1.83 bits per heavy atom. The minimum atomic E-state index is -1.38. The average molecular weight is 193 g/mol. The van der Waals surface area contributed by atoms with E-state index in [1.165, 1.54) is 0 Å². The smallest absolute Gasteiger partial charge is 0.372 e. The fourth-order valence-corrected chi connectivity index (χ4v) is 0.643. The van der Waals surface area contributed by atoms with Gasteiger partial charge in [0, 0.05) is 0 Å². The average Bonchev–Trinajstić information content (AvgIpc) is 2.32. The highest BCUT2D eigenvalue weighted by atomic mass is 35.5. The van der Waals surface area contributed by atoms with Crippen molar-refractivity contribution >= 4 is 24.3 Å². The van der Waals surface area contributed by atoms with Crippen LogP contribution in [0.15, 0.2) is 16.7 Å². The number of halogens is 1. The Morgan fingerprint density at radius 3 is 2.17 bits per heavy atom. The first kappa shape index (κ1) is 10.5. The van der Waals surface area contributed by atoms with Gasteiger partial charge in [0.1, 0.15) is 5.56 Å². The molecule has 5 nitrogen and oxygen atoms in total. The summed E-state index contributed by atoms with van der Waals surface area (Å²) in [7, 11) is 0.